The van der Waals surface area contributed by atoms with Gasteiger partial charge in [-0.1, -0.05) is 44.4 Å². The molecule has 2 nitrogen and oxygen atoms in total. The van der Waals surface area contributed by atoms with Crippen molar-refractivity contribution in [1.82, 2.24) is 0 Å². The summed E-state index contributed by atoms with van der Waals surface area (Å²) in [6, 6.07) is 15.6. The monoisotopic (exact) mass is 318 g/mol. The summed E-state index contributed by atoms with van der Waals surface area (Å²) in [5.74, 6) is 2.95. The number of halogens is 1. The van der Waals surface area contributed by atoms with E-state index in [1.807, 2.05) is 48.5 Å². The van der Waals surface area contributed by atoms with E-state index in [0.717, 1.165) is 35.8 Å². The highest BCUT2D eigenvalue weighted by Crippen LogP contribution is 2.25. The third-order valence-corrected chi connectivity index (χ3v) is 3.69. The molecule has 118 valence electrons. The van der Waals surface area contributed by atoms with Crippen LogP contribution in [-0.4, -0.2) is 6.61 Å². The molecule has 22 heavy (non-hydrogen) atoms. The molecule has 0 fully saturated rings. The average Bonchev–Trinajstić information content (AvgIpc) is 2.56. The van der Waals surface area contributed by atoms with Crippen molar-refractivity contribution >= 4 is 11.6 Å². The van der Waals surface area contributed by atoms with E-state index in [1.165, 1.54) is 19.3 Å². The van der Waals surface area contributed by atoms with Crippen LogP contribution in [0.2, 0.25) is 0 Å². The second-order valence-corrected chi connectivity index (χ2v) is 5.53. The van der Waals surface area contributed by atoms with Crippen molar-refractivity contribution in [1.29, 1.82) is 0 Å². The second kappa shape index (κ2) is 9.37. The lowest BCUT2D eigenvalue weighted by molar-refractivity contribution is 0.303. The first-order valence-electron chi connectivity index (χ1n) is 7.87. The molecule has 0 radical (unpaired) electrons. The highest BCUT2D eigenvalue weighted by Gasteiger charge is 2.01. The Hall–Kier alpha value is -1.67. The van der Waals surface area contributed by atoms with Crippen LogP contribution in [-0.2, 0) is 5.88 Å². The summed E-state index contributed by atoms with van der Waals surface area (Å²) in [7, 11) is 0. The fourth-order valence-corrected chi connectivity index (χ4v) is 2.31. The van der Waals surface area contributed by atoms with Crippen molar-refractivity contribution in [2.45, 2.75) is 38.5 Å². The van der Waals surface area contributed by atoms with E-state index in [4.69, 9.17) is 21.1 Å². The van der Waals surface area contributed by atoms with Gasteiger partial charge in [0, 0.05) is 11.9 Å². The van der Waals surface area contributed by atoms with Gasteiger partial charge in [0.2, 0.25) is 0 Å². The Morgan fingerprint density at radius 3 is 2.36 bits per heavy atom. The SMILES string of the molecule is CCCCCCOc1cccc(Oc2ccc(CCl)cc2)c1. The van der Waals surface area contributed by atoms with Gasteiger partial charge in [-0.15, -0.1) is 11.6 Å². The number of rotatable bonds is 9. The van der Waals surface area contributed by atoms with E-state index in [-0.39, 0.29) is 0 Å². The van der Waals surface area contributed by atoms with Crippen molar-refractivity contribution < 1.29 is 9.47 Å². The standard InChI is InChI=1S/C19H23ClO2/c1-2-3-4-5-13-21-18-7-6-8-19(14-18)22-17-11-9-16(15-20)10-12-17/h6-12,14H,2-5,13,15H2,1H3. The van der Waals surface area contributed by atoms with Gasteiger partial charge in [-0.3, -0.25) is 0 Å². The Morgan fingerprint density at radius 1 is 0.864 bits per heavy atom. The summed E-state index contributed by atoms with van der Waals surface area (Å²) in [4.78, 5) is 0. The first-order chi connectivity index (χ1) is 10.8. The van der Waals surface area contributed by atoms with Crippen LogP contribution in [0.25, 0.3) is 0 Å². The molecule has 0 atom stereocenters. The van der Waals surface area contributed by atoms with Crippen LogP contribution in [0.15, 0.2) is 48.5 Å². The smallest absolute Gasteiger partial charge is 0.131 e. The molecule has 0 aliphatic rings. The van der Waals surface area contributed by atoms with Crippen LogP contribution < -0.4 is 9.47 Å². The maximum absolute atomic E-state index is 5.84. The van der Waals surface area contributed by atoms with Crippen LogP contribution in [0.1, 0.15) is 38.2 Å². The molecule has 0 N–H and O–H groups in total. The normalized spacial score (nSPS) is 10.5. The van der Waals surface area contributed by atoms with Crippen LogP contribution in [0, 0.1) is 0 Å². The Labute approximate surface area is 138 Å². The molecule has 0 aromatic heterocycles. The number of unbranched alkanes of at least 4 members (excludes halogenated alkanes) is 3. The minimum Gasteiger partial charge on any atom is -0.493 e. The molecule has 0 saturated heterocycles. The van der Waals surface area contributed by atoms with Gasteiger partial charge in [0.05, 0.1) is 6.61 Å². The van der Waals surface area contributed by atoms with Crippen molar-refractivity contribution in [3.8, 4) is 17.2 Å². The zero-order valence-corrected chi connectivity index (χ0v) is 13.8. The molecule has 0 aliphatic heterocycles. The summed E-state index contributed by atoms with van der Waals surface area (Å²) in [6.07, 6.45) is 4.83. The summed E-state index contributed by atoms with van der Waals surface area (Å²) >= 11 is 5.78. The first kappa shape index (κ1) is 16.7. The molecule has 2 aromatic rings. The second-order valence-electron chi connectivity index (χ2n) is 5.26. The van der Waals surface area contributed by atoms with Gasteiger partial charge in [-0.2, -0.15) is 0 Å². The number of ether oxygens (including phenoxy) is 2. The molecule has 0 unspecified atom stereocenters. The molecule has 2 aromatic carbocycles. The van der Waals surface area contributed by atoms with Crippen molar-refractivity contribution in [3.63, 3.8) is 0 Å². The number of alkyl halides is 1. The van der Waals surface area contributed by atoms with E-state index in [2.05, 4.69) is 6.92 Å². The molecule has 2 rings (SSSR count). The predicted molar refractivity (Wildman–Crippen MR) is 92.2 cm³/mol. The zero-order valence-electron chi connectivity index (χ0n) is 13.1. The Bertz CT molecular complexity index is 552. The quantitative estimate of drug-likeness (QED) is 0.406. The fourth-order valence-electron chi connectivity index (χ4n) is 2.13. The van der Waals surface area contributed by atoms with Gasteiger partial charge >= 0.3 is 0 Å². The summed E-state index contributed by atoms with van der Waals surface area (Å²) in [5.41, 5.74) is 1.08. The van der Waals surface area contributed by atoms with E-state index >= 15 is 0 Å². The molecular formula is C19H23ClO2. The van der Waals surface area contributed by atoms with E-state index < -0.39 is 0 Å². The van der Waals surface area contributed by atoms with Gasteiger partial charge in [0.15, 0.2) is 0 Å². The minimum atomic E-state index is 0.516. The summed E-state index contributed by atoms with van der Waals surface area (Å²) in [6.45, 7) is 2.97. The Kier molecular flexibility index (Phi) is 7.11. The molecule has 0 saturated carbocycles. The molecule has 3 heteroatoms. The fraction of sp³-hybridized carbons (Fsp3) is 0.368. The lowest BCUT2D eigenvalue weighted by Crippen LogP contribution is -1.97. The van der Waals surface area contributed by atoms with Crippen LogP contribution in [0.3, 0.4) is 0 Å². The molecule has 0 aliphatic carbocycles. The van der Waals surface area contributed by atoms with Crippen molar-refractivity contribution in [2.24, 2.45) is 0 Å². The van der Waals surface area contributed by atoms with E-state index in [9.17, 15) is 0 Å². The molecule has 0 amide bonds. The lowest BCUT2D eigenvalue weighted by Gasteiger charge is -2.09. The molecule has 0 bridgehead atoms. The van der Waals surface area contributed by atoms with Gasteiger partial charge in [-0.05, 0) is 36.2 Å². The van der Waals surface area contributed by atoms with Gasteiger partial charge in [0.1, 0.15) is 17.2 Å². The number of benzene rings is 2. The average molecular weight is 319 g/mol. The van der Waals surface area contributed by atoms with Crippen molar-refractivity contribution in [2.75, 3.05) is 6.61 Å². The Balaban J connectivity index is 1.87. The largest absolute Gasteiger partial charge is 0.493 e. The summed E-state index contributed by atoms with van der Waals surface area (Å²) < 4.78 is 11.6. The van der Waals surface area contributed by atoms with Gasteiger partial charge < -0.3 is 9.47 Å². The van der Waals surface area contributed by atoms with Crippen LogP contribution in [0.5, 0.6) is 17.2 Å². The Morgan fingerprint density at radius 2 is 1.64 bits per heavy atom. The van der Waals surface area contributed by atoms with Crippen LogP contribution >= 0.6 is 11.6 Å². The first-order valence-corrected chi connectivity index (χ1v) is 8.41. The third-order valence-electron chi connectivity index (χ3n) is 3.39. The molecule has 0 heterocycles. The third kappa shape index (κ3) is 5.61. The number of hydrogen-bond donors (Lipinski definition) is 0. The maximum atomic E-state index is 5.84. The van der Waals surface area contributed by atoms with Crippen LogP contribution in [0.4, 0.5) is 0 Å². The zero-order chi connectivity index (χ0) is 15.6. The van der Waals surface area contributed by atoms with Crippen molar-refractivity contribution in [3.05, 3.63) is 54.1 Å². The predicted octanol–water partition coefficient (Wildman–Crippen LogP) is 6.18. The van der Waals surface area contributed by atoms with Gasteiger partial charge in [0.25, 0.3) is 0 Å². The molecular weight excluding hydrogens is 296 g/mol. The summed E-state index contributed by atoms with van der Waals surface area (Å²) in [5, 5.41) is 0. The van der Waals surface area contributed by atoms with E-state index in [0.29, 0.717) is 5.88 Å². The number of hydrogen-bond acceptors (Lipinski definition) is 2. The minimum absolute atomic E-state index is 0.516. The lowest BCUT2D eigenvalue weighted by atomic mass is 10.2. The highest BCUT2D eigenvalue weighted by molar-refractivity contribution is 6.17. The molecule has 0 spiro atoms. The topological polar surface area (TPSA) is 18.5 Å². The highest BCUT2D eigenvalue weighted by atomic mass is 35.5. The maximum Gasteiger partial charge on any atom is 0.131 e. The van der Waals surface area contributed by atoms with E-state index in [1.54, 1.807) is 0 Å². The van der Waals surface area contributed by atoms with Gasteiger partial charge in [-0.25, -0.2) is 0 Å².